The summed E-state index contributed by atoms with van der Waals surface area (Å²) in [5, 5.41) is 2.57. The van der Waals surface area contributed by atoms with E-state index in [1.165, 1.54) is 0 Å². The predicted molar refractivity (Wildman–Crippen MR) is 106 cm³/mol. The Morgan fingerprint density at radius 1 is 0.964 bits per heavy atom. The third-order valence-electron chi connectivity index (χ3n) is 3.65. The Morgan fingerprint density at radius 3 is 2.11 bits per heavy atom. The van der Waals surface area contributed by atoms with Crippen LogP contribution in [0.4, 0.5) is 4.79 Å². The Balaban J connectivity index is 2.05. The first kappa shape index (κ1) is 22.0. The molecule has 0 radical (unpaired) electrons. The third kappa shape index (κ3) is 7.00. The van der Waals surface area contributed by atoms with Crippen molar-refractivity contribution in [2.24, 2.45) is 0 Å². The maximum Gasteiger partial charge on any atom is 0.408 e. The van der Waals surface area contributed by atoms with Gasteiger partial charge in [-0.25, -0.2) is 4.79 Å². The molecule has 0 fully saturated rings. The molecule has 1 atom stereocenters. The Kier molecular flexibility index (Phi) is 9.01. The van der Waals surface area contributed by atoms with E-state index in [0.717, 1.165) is 5.56 Å². The zero-order chi connectivity index (χ0) is 20.2. The second-order valence-corrected chi connectivity index (χ2v) is 7.94. The van der Waals surface area contributed by atoms with E-state index in [-0.39, 0.29) is 26.4 Å². The summed E-state index contributed by atoms with van der Waals surface area (Å²) in [6.45, 7) is 3.73. The molecule has 2 aromatic carbocycles. The highest BCUT2D eigenvalue weighted by atomic mass is 31.2. The van der Waals surface area contributed by atoms with Crippen molar-refractivity contribution in [3.8, 4) is 5.75 Å². The van der Waals surface area contributed by atoms with Gasteiger partial charge in [-0.05, 0) is 31.5 Å². The van der Waals surface area contributed by atoms with Crippen LogP contribution in [0.2, 0.25) is 0 Å². The Labute approximate surface area is 165 Å². The van der Waals surface area contributed by atoms with Gasteiger partial charge < -0.3 is 23.8 Å². The summed E-state index contributed by atoms with van der Waals surface area (Å²) >= 11 is 0. The smallest absolute Gasteiger partial charge is 0.408 e. The minimum Gasteiger partial charge on any atom is -0.491 e. The third-order valence-corrected chi connectivity index (χ3v) is 5.93. The van der Waals surface area contributed by atoms with E-state index in [1.54, 1.807) is 26.0 Å². The van der Waals surface area contributed by atoms with E-state index in [0.29, 0.717) is 5.75 Å². The molecule has 8 heteroatoms. The summed E-state index contributed by atoms with van der Waals surface area (Å²) in [7, 11) is -3.65. The minimum absolute atomic E-state index is 0.0898. The van der Waals surface area contributed by atoms with Crippen molar-refractivity contribution < 1.29 is 27.9 Å². The van der Waals surface area contributed by atoms with Gasteiger partial charge >= 0.3 is 13.7 Å². The van der Waals surface area contributed by atoms with Crippen LogP contribution in [-0.4, -0.2) is 31.7 Å². The molecule has 0 heterocycles. The molecule has 0 aliphatic heterocycles. The highest BCUT2D eigenvalue weighted by Gasteiger charge is 2.38. The Morgan fingerprint density at radius 2 is 1.54 bits per heavy atom. The van der Waals surface area contributed by atoms with Crippen molar-refractivity contribution in [3.63, 3.8) is 0 Å². The summed E-state index contributed by atoms with van der Waals surface area (Å²) in [5.41, 5.74) is 0.840. The number of para-hydroxylation sites is 1. The van der Waals surface area contributed by atoms with Gasteiger partial charge in [-0.1, -0.05) is 48.5 Å². The van der Waals surface area contributed by atoms with E-state index in [4.69, 9.17) is 18.5 Å². The first-order valence-corrected chi connectivity index (χ1v) is 10.7. The van der Waals surface area contributed by atoms with E-state index < -0.39 is 19.5 Å². The van der Waals surface area contributed by atoms with Crippen LogP contribution in [-0.2, 0) is 25.0 Å². The molecule has 0 aliphatic rings. The average Bonchev–Trinajstić information content (AvgIpc) is 2.71. The quantitative estimate of drug-likeness (QED) is 0.549. The van der Waals surface area contributed by atoms with Gasteiger partial charge in [-0.2, -0.15) is 0 Å². The number of ether oxygens (including phenoxy) is 2. The fourth-order valence-corrected chi connectivity index (χ4v) is 4.06. The van der Waals surface area contributed by atoms with Gasteiger partial charge in [0.2, 0.25) is 0 Å². The molecular weight excluding hydrogens is 381 g/mol. The first-order chi connectivity index (χ1) is 13.6. The molecule has 0 spiro atoms. The predicted octanol–water partition coefficient (Wildman–Crippen LogP) is 4.58. The molecule has 0 saturated heterocycles. The monoisotopic (exact) mass is 407 g/mol. The standard InChI is InChI=1S/C20H26NO6P/c1-3-26-28(23,27-4-2)19(16-24-18-13-9-6-10-14-18)21-20(22)25-15-17-11-7-5-8-12-17/h5-14,19H,3-4,15-16H2,1-2H3,(H,21,22). The van der Waals surface area contributed by atoms with E-state index in [9.17, 15) is 9.36 Å². The van der Waals surface area contributed by atoms with Crippen molar-refractivity contribution in [2.45, 2.75) is 26.2 Å². The van der Waals surface area contributed by atoms with Crippen LogP contribution in [0.1, 0.15) is 19.4 Å². The van der Waals surface area contributed by atoms with E-state index in [2.05, 4.69) is 5.32 Å². The number of hydrogen-bond donors (Lipinski definition) is 1. The van der Waals surface area contributed by atoms with Crippen molar-refractivity contribution in [1.29, 1.82) is 0 Å². The fraction of sp³-hybridized carbons (Fsp3) is 0.350. The minimum atomic E-state index is -3.65. The maximum absolute atomic E-state index is 13.1. The lowest BCUT2D eigenvalue weighted by molar-refractivity contribution is 0.129. The Bertz CT molecular complexity index is 746. The number of alkyl carbamates (subject to hydrolysis) is 1. The zero-order valence-corrected chi connectivity index (χ0v) is 17.0. The van der Waals surface area contributed by atoms with E-state index >= 15 is 0 Å². The maximum atomic E-state index is 13.1. The van der Waals surface area contributed by atoms with Crippen LogP contribution in [0.5, 0.6) is 5.75 Å². The number of carbonyl (C=O) groups excluding carboxylic acids is 1. The fourth-order valence-electron chi connectivity index (χ4n) is 2.38. The first-order valence-electron chi connectivity index (χ1n) is 9.11. The topological polar surface area (TPSA) is 83.1 Å². The summed E-state index contributed by atoms with van der Waals surface area (Å²) in [4.78, 5) is 12.3. The molecule has 7 nitrogen and oxygen atoms in total. The Hall–Kier alpha value is -2.34. The largest absolute Gasteiger partial charge is 0.491 e. The van der Waals surface area contributed by atoms with Crippen LogP contribution < -0.4 is 10.1 Å². The summed E-state index contributed by atoms with van der Waals surface area (Å²) in [6, 6.07) is 18.3. The molecule has 1 unspecified atom stereocenters. The summed E-state index contributed by atoms with van der Waals surface area (Å²) in [6.07, 6.45) is -0.731. The van der Waals surface area contributed by atoms with Gasteiger partial charge in [0.15, 0.2) is 5.78 Å². The lowest BCUT2D eigenvalue weighted by Gasteiger charge is -2.26. The van der Waals surface area contributed by atoms with Crippen molar-refractivity contribution in [1.82, 2.24) is 5.32 Å². The number of amides is 1. The van der Waals surface area contributed by atoms with Crippen molar-refractivity contribution in [3.05, 3.63) is 66.2 Å². The molecule has 0 aromatic heterocycles. The highest BCUT2D eigenvalue weighted by Crippen LogP contribution is 2.52. The molecule has 0 aliphatic carbocycles. The molecule has 1 N–H and O–H groups in total. The van der Waals surface area contributed by atoms with Crippen LogP contribution in [0.3, 0.4) is 0 Å². The van der Waals surface area contributed by atoms with Gasteiger partial charge in [0, 0.05) is 0 Å². The summed E-state index contributed by atoms with van der Waals surface area (Å²) < 4.78 is 34.8. The molecule has 2 rings (SSSR count). The van der Waals surface area contributed by atoms with Gasteiger partial charge in [0.1, 0.15) is 19.0 Å². The zero-order valence-electron chi connectivity index (χ0n) is 16.1. The van der Waals surface area contributed by atoms with Crippen LogP contribution >= 0.6 is 7.60 Å². The molecule has 152 valence electrons. The van der Waals surface area contributed by atoms with Gasteiger partial charge in [-0.3, -0.25) is 4.57 Å². The number of rotatable bonds is 11. The summed E-state index contributed by atoms with van der Waals surface area (Å²) in [5.74, 6) is -0.442. The van der Waals surface area contributed by atoms with Crippen molar-refractivity contribution in [2.75, 3.05) is 19.8 Å². The number of carbonyl (C=O) groups is 1. The lowest BCUT2D eigenvalue weighted by Crippen LogP contribution is -2.40. The number of nitrogens with one attached hydrogen (secondary N) is 1. The molecule has 0 saturated carbocycles. The van der Waals surface area contributed by atoms with Gasteiger partial charge in [0.05, 0.1) is 13.2 Å². The highest BCUT2D eigenvalue weighted by molar-refractivity contribution is 7.54. The SMILES string of the molecule is CCOP(=O)(OCC)C(COc1ccccc1)NC(=O)OCc1ccccc1. The molecular formula is C20H26NO6P. The normalized spacial score (nSPS) is 12.2. The second kappa shape index (κ2) is 11.5. The van der Waals surface area contributed by atoms with Crippen LogP contribution in [0.15, 0.2) is 60.7 Å². The van der Waals surface area contributed by atoms with E-state index in [1.807, 2.05) is 48.5 Å². The lowest BCUT2D eigenvalue weighted by atomic mass is 10.2. The second-order valence-electron chi connectivity index (χ2n) is 5.72. The molecule has 1 amide bonds. The van der Waals surface area contributed by atoms with Gasteiger partial charge in [-0.15, -0.1) is 0 Å². The molecule has 28 heavy (non-hydrogen) atoms. The number of hydrogen-bond acceptors (Lipinski definition) is 6. The average molecular weight is 407 g/mol. The van der Waals surface area contributed by atoms with Crippen molar-refractivity contribution >= 4 is 13.7 Å². The van der Waals surface area contributed by atoms with Crippen LogP contribution in [0.25, 0.3) is 0 Å². The molecule has 2 aromatic rings. The molecule has 0 bridgehead atoms. The van der Waals surface area contributed by atoms with Crippen LogP contribution in [0, 0.1) is 0 Å². The number of benzene rings is 2. The van der Waals surface area contributed by atoms with Gasteiger partial charge in [0.25, 0.3) is 0 Å².